The quantitative estimate of drug-likeness (QED) is 0.338. The van der Waals surface area contributed by atoms with Crippen LogP contribution < -0.4 is 0 Å². The van der Waals surface area contributed by atoms with Crippen LogP contribution in [0.4, 0.5) is 0 Å². The molecule has 0 N–H and O–H groups in total. The highest BCUT2D eigenvalue weighted by molar-refractivity contribution is 5.66. The molecule has 0 aromatic carbocycles. The lowest BCUT2D eigenvalue weighted by molar-refractivity contribution is -0.145. The third-order valence-corrected chi connectivity index (χ3v) is 2.42. The highest BCUT2D eigenvalue weighted by atomic mass is 16.5. The second-order valence-corrected chi connectivity index (χ2v) is 4.33. The summed E-state index contributed by atoms with van der Waals surface area (Å²) in [7, 11) is 0. The fourth-order valence-corrected chi connectivity index (χ4v) is 1.52. The maximum atomic E-state index is 10.7. The van der Waals surface area contributed by atoms with Gasteiger partial charge in [-0.1, -0.05) is 44.1 Å². The summed E-state index contributed by atoms with van der Waals surface area (Å²) >= 11 is 0. The van der Waals surface area contributed by atoms with Crippen molar-refractivity contribution in [2.75, 3.05) is 0 Å². The van der Waals surface area contributed by atoms with Gasteiger partial charge in [-0.25, -0.2) is 0 Å². The summed E-state index contributed by atoms with van der Waals surface area (Å²) < 4.78 is 5.01. The number of carbonyl (C=O) groups is 1. The van der Waals surface area contributed by atoms with E-state index in [1.807, 2.05) is 6.92 Å². The minimum absolute atomic E-state index is 0.0164. The molecule has 17 heavy (non-hydrogen) atoms. The zero-order valence-corrected chi connectivity index (χ0v) is 11.4. The number of unbranched alkanes of at least 4 members (excludes halogenated alkanes) is 3. The molecule has 2 heteroatoms. The molecule has 0 aromatic heterocycles. The molecule has 0 fully saturated rings. The van der Waals surface area contributed by atoms with Crippen molar-refractivity contribution in [2.24, 2.45) is 0 Å². The predicted octanol–water partition coefficient (Wildman–Crippen LogP) is 4.41. The molecule has 0 saturated heterocycles. The summed E-state index contributed by atoms with van der Waals surface area (Å²) in [4.78, 5) is 10.7. The molecule has 0 saturated carbocycles. The Morgan fingerprint density at radius 3 is 2.53 bits per heavy atom. The lowest BCUT2D eigenvalue weighted by atomic mass is 10.2. The molecular weight excluding hydrogens is 212 g/mol. The van der Waals surface area contributed by atoms with Crippen molar-refractivity contribution in [3.8, 4) is 0 Å². The summed E-state index contributed by atoms with van der Waals surface area (Å²) in [5.74, 6) is -0.207. The van der Waals surface area contributed by atoms with Gasteiger partial charge in [0.15, 0.2) is 0 Å². The van der Waals surface area contributed by atoms with Gasteiger partial charge >= 0.3 is 5.97 Å². The van der Waals surface area contributed by atoms with Crippen molar-refractivity contribution in [3.05, 3.63) is 24.3 Å². The Balaban J connectivity index is 3.44. The van der Waals surface area contributed by atoms with E-state index in [0.717, 1.165) is 12.8 Å². The van der Waals surface area contributed by atoms with Crippen LogP contribution in [0.25, 0.3) is 0 Å². The first-order valence-corrected chi connectivity index (χ1v) is 6.64. The van der Waals surface area contributed by atoms with E-state index in [4.69, 9.17) is 4.74 Å². The summed E-state index contributed by atoms with van der Waals surface area (Å²) in [6.07, 6.45) is 15.5. The highest BCUT2D eigenvalue weighted by Crippen LogP contribution is 2.02. The smallest absolute Gasteiger partial charge is 0.302 e. The summed E-state index contributed by atoms with van der Waals surface area (Å²) in [5.41, 5.74) is 0. The normalized spacial score (nSPS) is 13.4. The van der Waals surface area contributed by atoms with E-state index in [9.17, 15) is 4.79 Å². The van der Waals surface area contributed by atoms with Crippen molar-refractivity contribution in [2.45, 2.75) is 65.4 Å². The third-order valence-electron chi connectivity index (χ3n) is 2.42. The number of rotatable bonds is 9. The Bertz CT molecular complexity index is 241. The molecule has 0 heterocycles. The highest BCUT2D eigenvalue weighted by Gasteiger charge is 2.01. The van der Waals surface area contributed by atoms with Crippen LogP contribution in [0.5, 0.6) is 0 Å². The Labute approximate surface area is 106 Å². The van der Waals surface area contributed by atoms with E-state index in [-0.39, 0.29) is 12.1 Å². The number of carbonyl (C=O) groups excluding carboxylic acids is 1. The van der Waals surface area contributed by atoms with E-state index >= 15 is 0 Å². The molecule has 1 unspecified atom stereocenters. The molecule has 0 amide bonds. The maximum Gasteiger partial charge on any atom is 0.302 e. The topological polar surface area (TPSA) is 26.3 Å². The van der Waals surface area contributed by atoms with Gasteiger partial charge in [0.2, 0.25) is 0 Å². The fraction of sp³-hybridized carbons (Fsp3) is 0.667. The molecule has 0 aliphatic heterocycles. The predicted molar refractivity (Wildman–Crippen MR) is 72.9 cm³/mol. The Hall–Kier alpha value is -1.05. The van der Waals surface area contributed by atoms with Gasteiger partial charge in [-0.15, -0.1) is 0 Å². The molecule has 0 aromatic rings. The van der Waals surface area contributed by atoms with E-state index in [0.29, 0.717) is 0 Å². The molecular formula is C15H26O2. The minimum atomic E-state index is -0.207. The Morgan fingerprint density at radius 2 is 1.88 bits per heavy atom. The lowest BCUT2D eigenvalue weighted by Gasteiger charge is -2.07. The summed E-state index contributed by atoms with van der Waals surface area (Å²) in [5, 5.41) is 0. The molecule has 0 aliphatic rings. The van der Waals surface area contributed by atoms with Gasteiger partial charge < -0.3 is 4.74 Å². The van der Waals surface area contributed by atoms with E-state index in [1.54, 1.807) is 0 Å². The standard InChI is InChI=1S/C15H26O2/c1-4-5-6-7-8-9-10-11-12-13-14(2)17-15(3)16/h8-9,11-12,14H,4-7,10,13H2,1-3H3/b9-8+,12-11-. The van der Waals surface area contributed by atoms with Gasteiger partial charge in [0.1, 0.15) is 6.10 Å². The van der Waals surface area contributed by atoms with Gasteiger partial charge in [-0.3, -0.25) is 4.79 Å². The number of allylic oxidation sites excluding steroid dienone is 3. The zero-order chi connectivity index (χ0) is 12.9. The van der Waals surface area contributed by atoms with Crippen molar-refractivity contribution in [1.82, 2.24) is 0 Å². The van der Waals surface area contributed by atoms with Crippen LogP contribution in [0.15, 0.2) is 24.3 Å². The maximum absolute atomic E-state index is 10.7. The summed E-state index contributed by atoms with van der Waals surface area (Å²) in [6.45, 7) is 5.57. The van der Waals surface area contributed by atoms with Crippen molar-refractivity contribution in [3.63, 3.8) is 0 Å². The van der Waals surface area contributed by atoms with Crippen LogP contribution in [0, 0.1) is 0 Å². The average molecular weight is 238 g/mol. The van der Waals surface area contributed by atoms with Crippen molar-refractivity contribution in [1.29, 1.82) is 0 Å². The Kier molecular flexibility index (Phi) is 10.7. The monoisotopic (exact) mass is 238 g/mol. The van der Waals surface area contributed by atoms with Crippen LogP contribution in [0.2, 0.25) is 0 Å². The van der Waals surface area contributed by atoms with Crippen LogP contribution in [0.1, 0.15) is 59.3 Å². The molecule has 0 rings (SSSR count). The van der Waals surface area contributed by atoms with Crippen molar-refractivity contribution < 1.29 is 9.53 Å². The third kappa shape index (κ3) is 12.9. The number of hydrogen-bond acceptors (Lipinski definition) is 2. The largest absolute Gasteiger partial charge is 0.463 e. The van der Waals surface area contributed by atoms with Crippen molar-refractivity contribution >= 4 is 5.97 Å². The average Bonchev–Trinajstić information content (AvgIpc) is 2.26. The number of ether oxygens (including phenoxy) is 1. The molecule has 2 nitrogen and oxygen atoms in total. The molecule has 1 atom stereocenters. The molecule has 98 valence electrons. The summed E-state index contributed by atoms with van der Waals surface area (Å²) in [6, 6.07) is 0. The lowest BCUT2D eigenvalue weighted by Crippen LogP contribution is -2.10. The first-order valence-electron chi connectivity index (χ1n) is 6.64. The van der Waals surface area contributed by atoms with Crippen LogP contribution in [-0.2, 0) is 9.53 Å². The molecule has 0 spiro atoms. The fourth-order valence-electron chi connectivity index (χ4n) is 1.52. The van der Waals surface area contributed by atoms with Crippen LogP contribution >= 0.6 is 0 Å². The van der Waals surface area contributed by atoms with Crippen LogP contribution in [0.3, 0.4) is 0 Å². The van der Waals surface area contributed by atoms with Gasteiger partial charge in [0, 0.05) is 13.3 Å². The van der Waals surface area contributed by atoms with E-state index in [2.05, 4.69) is 31.2 Å². The number of esters is 1. The van der Waals surface area contributed by atoms with E-state index < -0.39 is 0 Å². The molecule has 0 aliphatic carbocycles. The number of hydrogen-bond donors (Lipinski definition) is 0. The van der Waals surface area contributed by atoms with Crippen LogP contribution in [-0.4, -0.2) is 12.1 Å². The van der Waals surface area contributed by atoms with E-state index in [1.165, 1.54) is 32.6 Å². The van der Waals surface area contributed by atoms with Gasteiger partial charge in [-0.2, -0.15) is 0 Å². The SMILES string of the molecule is CCCCC/C=C/C/C=C\CC(C)OC(C)=O. The Morgan fingerprint density at radius 1 is 1.18 bits per heavy atom. The second-order valence-electron chi connectivity index (χ2n) is 4.33. The van der Waals surface area contributed by atoms with Gasteiger partial charge in [0.05, 0.1) is 0 Å². The first kappa shape index (κ1) is 16.0. The van der Waals surface area contributed by atoms with Gasteiger partial charge in [-0.05, 0) is 26.2 Å². The second kappa shape index (κ2) is 11.4. The first-order chi connectivity index (χ1) is 8.16. The minimum Gasteiger partial charge on any atom is -0.463 e. The van der Waals surface area contributed by atoms with Gasteiger partial charge in [0.25, 0.3) is 0 Å². The molecule has 0 bridgehead atoms. The molecule has 0 radical (unpaired) electrons. The zero-order valence-electron chi connectivity index (χ0n) is 11.4.